The van der Waals surface area contributed by atoms with Crippen LogP contribution < -0.4 is 5.32 Å². The average Bonchev–Trinajstić information content (AvgIpc) is 3.04. The van der Waals surface area contributed by atoms with Gasteiger partial charge in [0.2, 0.25) is 0 Å². The lowest BCUT2D eigenvalue weighted by Gasteiger charge is -2.41. The van der Waals surface area contributed by atoms with E-state index in [2.05, 4.69) is 19.2 Å². The number of ketones is 2. The molecular formula is C34H47ClN6O10. The number of nitrogens with one attached hydrogen (secondary N) is 1. The van der Waals surface area contributed by atoms with Crippen LogP contribution in [0.3, 0.4) is 0 Å². The van der Waals surface area contributed by atoms with Crippen LogP contribution in [0.4, 0.5) is 0 Å². The maximum absolute atomic E-state index is 12.5. The Morgan fingerprint density at radius 3 is 1.63 bits per heavy atom. The second kappa shape index (κ2) is 22.2. The average molecular weight is 735 g/mol. The molecule has 16 nitrogen and oxygen atoms in total. The van der Waals surface area contributed by atoms with Crippen LogP contribution >= 0.6 is 12.4 Å². The molecule has 2 aromatic carbocycles. The van der Waals surface area contributed by atoms with Crippen LogP contribution in [0.2, 0.25) is 0 Å². The molecule has 0 radical (unpaired) electrons. The third-order valence-corrected chi connectivity index (χ3v) is 8.56. The fraction of sp³-hybridized carbons (Fsp3) is 0.529. The first-order valence-electron chi connectivity index (χ1n) is 16.7. The van der Waals surface area contributed by atoms with Gasteiger partial charge in [0.25, 0.3) is 0 Å². The number of unbranched alkanes of at least 4 members (excludes halogenated alkanes) is 5. The maximum Gasteiger partial charge on any atom is 0.482 e. The van der Waals surface area contributed by atoms with Crippen LogP contribution in [0.25, 0.3) is 0 Å². The molecule has 0 aromatic heterocycles. The fourth-order valence-electron chi connectivity index (χ4n) is 5.23. The number of rotatable bonds is 18. The molecule has 1 N–H and O–H groups in total. The molecule has 0 saturated carbocycles. The zero-order valence-corrected chi connectivity index (χ0v) is 29.7. The summed E-state index contributed by atoms with van der Waals surface area (Å²) in [5.41, 5.74) is -2.71. The lowest BCUT2D eigenvalue weighted by molar-refractivity contribution is -0.811. The highest BCUT2D eigenvalue weighted by Gasteiger charge is 2.67. The van der Waals surface area contributed by atoms with Gasteiger partial charge in [0.1, 0.15) is 45.9 Å². The molecule has 2 aromatic rings. The molecule has 2 fully saturated rings. The molecule has 0 aliphatic carbocycles. The molecule has 1 atom stereocenters. The highest BCUT2D eigenvalue weighted by Crippen LogP contribution is 2.30. The molecule has 0 spiro atoms. The number of hydrogen-bond acceptors (Lipinski definition) is 12. The highest BCUT2D eigenvalue weighted by atomic mass is 35.5. The molecule has 2 aliphatic heterocycles. The van der Waals surface area contributed by atoms with Crippen molar-refractivity contribution in [3.63, 3.8) is 0 Å². The Morgan fingerprint density at radius 1 is 0.745 bits per heavy atom. The van der Waals surface area contributed by atoms with Crippen molar-refractivity contribution in [2.24, 2.45) is 0 Å². The van der Waals surface area contributed by atoms with Crippen molar-refractivity contribution < 1.29 is 29.3 Å². The topological polar surface area (TPSA) is 222 Å². The first kappa shape index (κ1) is 44.4. The number of halogens is 1. The van der Waals surface area contributed by atoms with Crippen molar-refractivity contribution in [2.75, 3.05) is 26.2 Å². The van der Waals surface area contributed by atoms with Gasteiger partial charge in [-0.2, -0.15) is 0 Å². The van der Waals surface area contributed by atoms with Gasteiger partial charge < -0.3 is 0 Å². The predicted molar refractivity (Wildman–Crippen MR) is 193 cm³/mol. The van der Waals surface area contributed by atoms with Gasteiger partial charge in [-0.05, 0) is 25.3 Å². The largest absolute Gasteiger partial charge is 0.482 e. The molecule has 17 heteroatoms. The Balaban J connectivity index is 0.000000423. The van der Waals surface area contributed by atoms with Crippen LogP contribution in [0.5, 0.6) is 0 Å². The number of carbonyl (C=O) groups is 2. The molecule has 2 heterocycles. The number of benzene rings is 2. The Kier molecular flexibility index (Phi) is 19.3. The maximum atomic E-state index is 12.5. The molecule has 2 saturated heterocycles. The van der Waals surface area contributed by atoms with Crippen molar-refractivity contribution in [1.82, 2.24) is 10.2 Å². The number of likely N-dealkylation sites (tertiary alicyclic amines) is 1. The van der Waals surface area contributed by atoms with E-state index in [9.17, 15) is 50.0 Å². The minimum absolute atomic E-state index is 0. The lowest BCUT2D eigenvalue weighted by Crippen LogP contribution is -2.72. The van der Waals surface area contributed by atoms with Gasteiger partial charge in [0.05, 0.1) is 0 Å². The summed E-state index contributed by atoms with van der Waals surface area (Å²) in [6.07, 6.45) is 12.1. The zero-order chi connectivity index (χ0) is 37.2. The van der Waals surface area contributed by atoms with Crippen LogP contribution in [0.1, 0.15) is 92.4 Å². The minimum atomic E-state index is -2.13. The van der Waals surface area contributed by atoms with E-state index >= 15 is 0 Å². The third kappa shape index (κ3) is 12.9. The summed E-state index contributed by atoms with van der Waals surface area (Å²) in [6, 6.07) is 18.1. The Hall–Kier alpha value is -4.67. The predicted octanol–water partition coefficient (Wildman–Crippen LogP) is 6.04. The van der Waals surface area contributed by atoms with Crippen molar-refractivity contribution >= 4 is 24.0 Å². The molecule has 2 aliphatic rings. The van der Waals surface area contributed by atoms with Gasteiger partial charge in [-0.25, -0.2) is 0 Å². The summed E-state index contributed by atoms with van der Waals surface area (Å²) >= 11 is 0. The van der Waals surface area contributed by atoms with Gasteiger partial charge in [0, 0.05) is 23.6 Å². The Bertz CT molecular complexity index is 1440. The first-order valence-corrected chi connectivity index (χ1v) is 16.7. The zero-order valence-electron chi connectivity index (χ0n) is 28.9. The Morgan fingerprint density at radius 2 is 1.22 bits per heavy atom. The van der Waals surface area contributed by atoms with Crippen molar-refractivity contribution in [3.05, 3.63) is 124 Å². The van der Waals surface area contributed by atoms with E-state index in [1.807, 2.05) is 42.5 Å². The monoisotopic (exact) mass is 734 g/mol. The van der Waals surface area contributed by atoms with Crippen molar-refractivity contribution in [3.8, 4) is 0 Å². The van der Waals surface area contributed by atoms with Crippen molar-refractivity contribution in [1.29, 1.82) is 0 Å². The molecule has 0 amide bonds. The van der Waals surface area contributed by atoms with E-state index in [0.717, 1.165) is 31.2 Å². The molecule has 1 unspecified atom stereocenters. The van der Waals surface area contributed by atoms with E-state index in [1.54, 1.807) is 35.2 Å². The second-order valence-corrected chi connectivity index (χ2v) is 12.3. The summed E-state index contributed by atoms with van der Waals surface area (Å²) < 4.78 is 0. The SMILES string of the molecule is CCCCC/C=C/C(=O)c1ccccc1.CCCCCC(CC(=O)c1ccccc1)N1CC([N+](=O)[O-])([N+](=O)[O-])C1.Cl.O=[N+]([O-])C1([N+](=O)[O-])CNC1. The number of carbonyl (C=O) groups excluding carboxylic acids is 2. The van der Waals surface area contributed by atoms with Crippen LogP contribution in [-0.2, 0) is 0 Å². The van der Waals surface area contributed by atoms with Crippen LogP contribution in [0.15, 0.2) is 72.8 Å². The molecule has 280 valence electrons. The lowest BCUT2D eigenvalue weighted by atomic mass is 9.92. The summed E-state index contributed by atoms with van der Waals surface area (Å²) in [5.74, 6) is 0.0638. The minimum Gasteiger partial charge on any atom is -0.294 e. The van der Waals surface area contributed by atoms with E-state index in [-0.39, 0.29) is 62.6 Å². The number of hydrogen-bond donors (Lipinski definition) is 1. The van der Waals surface area contributed by atoms with Crippen LogP contribution in [0, 0.1) is 40.5 Å². The van der Waals surface area contributed by atoms with Gasteiger partial charge in [-0.1, -0.05) is 113 Å². The number of nitro groups is 4. The summed E-state index contributed by atoms with van der Waals surface area (Å²) in [4.78, 5) is 64.7. The van der Waals surface area contributed by atoms with Gasteiger partial charge in [0.15, 0.2) is 11.6 Å². The molecule has 4 rings (SSSR count). The van der Waals surface area contributed by atoms with E-state index < -0.39 is 31.0 Å². The summed E-state index contributed by atoms with van der Waals surface area (Å²) in [7, 11) is 0. The first-order chi connectivity index (χ1) is 23.8. The summed E-state index contributed by atoms with van der Waals surface area (Å²) in [5, 5.41) is 44.8. The normalized spacial score (nSPS) is 15.9. The van der Waals surface area contributed by atoms with E-state index in [0.29, 0.717) is 12.0 Å². The number of allylic oxidation sites excluding steroid dienone is 2. The molecular weight excluding hydrogens is 688 g/mol. The van der Waals surface area contributed by atoms with Gasteiger partial charge in [-0.3, -0.25) is 60.3 Å². The Labute approximate surface area is 302 Å². The highest BCUT2D eigenvalue weighted by molar-refractivity contribution is 6.04. The smallest absolute Gasteiger partial charge is 0.294 e. The van der Waals surface area contributed by atoms with E-state index in [1.165, 1.54) is 19.3 Å². The summed E-state index contributed by atoms with van der Waals surface area (Å²) in [6.45, 7) is 3.41. The number of nitrogens with zero attached hydrogens (tertiary/aromatic N) is 5. The fourth-order valence-corrected chi connectivity index (χ4v) is 5.23. The quantitative estimate of drug-likeness (QED) is 0.0462. The molecule has 0 bridgehead atoms. The van der Waals surface area contributed by atoms with Crippen molar-refractivity contribution in [2.45, 2.75) is 89.0 Å². The number of Topliss-reactive ketones (excluding diaryl/α,β-unsaturated/α-hetero) is 1. The van der Waals surface area contributed by atoms with Gasteiger partial charge >= 0.3 is 11.3 Å². The second-order valence-electron chi connectivity index (χ2n) is 12.3. The van der Waals surface area contributed by atoms with Gasteiger partial charge in [-0.15, -0.1) is 12.4 Å². The van der Waals surface area contributed by atoms with E-state index in [4.69, 9.17) is 0 Å². The molecule has 51 heavy (non-hydrogen) atoms. The van der Waals surface area contributed by atoms with Crippen LogP contribution in [-0.4, -0.2) is 79.7 Å². The third-order valence-electron chi connectivity index (χ3n) is 8.56. The standard InChI is InChI=1S/C17H23N3O5.C14H18O.C3H5N3O4.ClH/c1-2-3-5-10-15(11-16(21)14-8-6-4-7-9-14)18-12-17(13-18,19(22)23)20(24)25;1-2-3-4-5-9-12-14(15)13-10-7-6-8-11-13;7-5(8)3(6(9)10)1-4-2-3;/h4,6-9,15H,2-3,5,10-13H2,1H3;6-12H,2-5H2,1H3;4H,1-2H2;1H/b;12-9+;;.